The minimum absolute atomic E-state index is 0. The Hall–Kier alpha value is 2.70. The van der Waals surface area contributed by atoms with E-state index in [9.17, 15) is 0 Å². The van der Waals surface area contributed by atoms with E-state index in [1.54, 1.807) is 0 Å². The molecule has 26 valence electrons. The fraction of sp³-hybridized carbons (Fsp3) is 0. The zero-order chi connectivity index (χ0) is 0. The van der Waals surface area contributed by atoms with Gasteiger partial charge in [-0.05, 0) is 0 Å². The summed E-state index contributed by atoms with van der Waals surface area (Å²) in [6.45, 7) is 0. The molecule has 0 unspecified atom stereocenters. The predicted octanol–water partition coefficient (Wildman–Crippen LogP) is 1.35. The van der Waals surface area contributed by atoms with Crippen LogP contribution in [0.4, 0.5) is 0 Å². The summed E-state index contributed by atoms with van der Waals surface area (Å²) in [6.07, 6.45) is 0. The monoisotopic (exact) mass is 280 g/mol. The van der Waals surface area contributed by atoms with Gasteiger partial charge in [-0.15, -0.1) is 50.9 Å². The first kappa shape index (κ1) is 29.9. The topological polar surface area (TPSA) is 0 Å². The maximum absolute atomic E-state index is 0. The molecule has 0 fully saturated rings. The van der Waals surface area contributed by atoms with Crippen LogP contribution in [0.5, 0.6) is 0 Å². The Labute approximate surface area is 87.0 Å². The Morgan fingerprint density at radius 2 is 0.500 bits per heavy atom. The second-order valence-electron chi connectivity index (χ2n) is 0. The number of hydrogen-bond acceptors (Lipinski definition) is 0. The van der Waals surface area contributed by atoms with Crippen LogP contribution < -0.4 is 0 Å². The van der Waals surface area contributed by atoms with E-state index in [0.29, 0.717) is 0 Å². The molecule has 0 saturated heterocycles. The van der Waals surface area contributed by atoms with Crippen LogP contribution in [-0.2, 0) is 0 Å². The van der Waals surface area contributed by atoms with Gasteiger partial charge in [-0.3, -0.25) is 0 Å². The van der Waals surface area contributed by atoms with Crippen LogP contribution >= 0.6 is 50.9 Å². The SMILES string of the molecule is Br.Br.Br.[Ca]. The van der Waals surface area contributed by atoms with Crippen molar-refractivity contribution < 1.29 is 0 Å². The molecule has 0 spiro atoms. The van der Waals surface area contributed by atoms with Crippen LogP contribution in [-0.4, -0.2) is 37.7 Å². The van der Waals surface area contributed by atoms with Gasteiger partial charge in [-0.1, -0.05) is 0 Å². The summed E-state index contributed by atoms with van der Waals surface area (Å²) in [7, 11) is 0. The third kappa shape index (κ3) is 8.83. The summed E-state index contributed by atoms with van der Waals surface area (Å²) in [5.41, 5.74) is 0. The molecule has 0 aliphatic heterocycles. The minimum atomic E-state index is 0. The first-order valence-electron chi connectivity index (χ1n) is 0. The summed E-state index contributed by atoms with van der Waals surface area (Å²) in [4.78, 5) is 0. The molecule has 4 heteroatoms. The Balaban J connectivity index is 0. The third-order valence-electron chi connectivity index (χ3n) is 0. The van der Waals surface area contributed by atoms with E-state index < -0.39 is 0 Å². The van der Waals surface area contributed by atoms with Gasteiger partial charge in [0, 0.05) is 37.7 Å². The molecule has 0 amide bonds. The molecular formula is H3Br3Ca. The zero-order valence-electron chi connectivity index (χ0n) is 1.93. The fourth-order valence-corrected chi connectivity index (χ4v) is 0. The van der Waals surface area contributed by atoms with Crippen molar-refractivity contribution in [3.05, 3.63) is 0 Å². The van der Waals surface area contributed by atoms with E-state index in [1.807, 2.05) is 0 Å². The van der Waals surface area contributed by atoms with Gasteiger partial charge < -0.3 is 0 Å². The van der Waals surface area contributed by atoms with Crippen LogP contribution in [0.1, 0.15) is 0 Å². The molecule has 0 aliphatic carbocycles. The summed E-state index contributed by atoms with van der Waals surface area (Å²) in [5, 5.41) is 0. The molecule has 0 aromatic heterocycles. The first-order chi connectivity index (χ1) is 0. The van der Waals surface area contributed by atoms with Crippen LogP contribution in [0.25, 0.3) is 0 Å². The van der Waals surface area contributed by atoms with Crippen molar-refractivity contribution in [1.82, 2.24) is 0 Å². The standard InChI is InChI=1S/3BrH.Ca/h3*1H;. The number of rotatable bonds is 0. The van der Waals surface area contributed by atoms with E-state index in [0.717, 1.165) is 0 Å². The van der Waals surface area contributed by atoms with Gasteiger partial charge in [-0.25, -0.2) is 0 Å². The number of hydrogen-bond donors (Lipinski definition) is 0. The van der Waals surface area contributed by atoms with Crippen LogP contribution in [0.15, 0.2) is 0 Å². The van der Waals surface area contributed by atoms with Gasteiger partial charge in [-0.2, -0.15) is 0 Å². The molecule has 0 rings (SSSR count). The molecule has 2 radical (unpaired) electrons. The molecular weight excluding hydrogens is 280 g/mol. The van der Waals surface area contributed by atoms with Crippen LogP contribution in [0.2, 0.25) is 0 Å². The van der Waals surface area contributed by atoms with Crippen molar-refractivity contribution in [2.45, 2.75) is 0 Å². The average molecular weight is 283 g/mol. The average Bonchev–Trinajstić information content (AvgIpc) is 0. The Kier molecular flexibility index (Phi) is 129. The molecule has 0 heterocycles. The van der Waals surface area contributed by atoms with Crippen molar-refractivity contribution in [3.8, 4) is 0 Å². The van der Waals surface area contributed by atoms with Crippen molar-refractivity contribution in [2.24, 2.45) is 0 Å². The predicted molar refractivity (Wildman–Crippen MR) is 36.7 cm³/mol. The second-order valence-corrected chi connectivity index (χ2v) is 0. The Bertz CT molecular complexity index is 3.25. The Morgan fingerprint density at radius 1 is 0.500 bits per heavy atom. The second kappa shape index (κ2) is 17.3. The van der Waals surface area contributed by atoms with E-state index in [2.05, 4.69) is 0 Å². The maximum Gasteiger partial charge on any atom is 0 e. The van der Waals surface area contributed by atoms with Gasteiger partial charge in [0.2, 0.25) is 0 Å². The molecule has 4 heavy (non-hydrogen) atoms. The maximum atomic E-state index is 0. The van der Waals surface area contributed by atoms with E-state index in [-0.39, 0.29) is 88.7 Å². The minimum Gasteiger partial charge on any atom is -0.114 e. The van der Waals surface area contributed by atoms with E-state index in [4.69, 9.17) is 0 Å². The van der Waals surface area contributed by atoms with Crippen molar-refractivity contribution in [3.63, 3.8) is 0 Å². The molecule has 0 aromatic rings. The molecule has 0 aliphatic rings. The van der Waals surface area contributed by atoms with Gasteiger partial charge in [0.1, 0.15) is 0 Å². The van der Waals surface area contributed by atoms with Gasteiger partial charge in [0.15, 0.2) is 0 Å². The van der Waals surface area contributed by atoms with Crippen molar-refractivity contribution in [2.75, 3.05) is 0 Å². The zero-order valence-corrected chi connectivity index (χ0v) is 9.28. The van der Waals surface area contributed by atoms with Gasteiger partial charge in [0.05, 0.1) is 0 Å². The third-order valence-corrected chi connectivity index (χ3v) is 0. The molecule has 0 N–H and O–H groups in total. The molecule has 0 bridgehead atoms. The fourth-order valence-electron chi connectivity index (χ4n) is 0. The van der Waals surface area contributed by atoms with E-state index in [1.165, 1.54) is 0 Å². The quantitative estimate of drug-likeness (QED) is 0.589. The normalized spacial score (nSPS) is 0. The number of halogens is 3. The van der Waals surface area contributed by atoms with Crippen LogP contribution in [0, 0.1) is 0 Å². The molecule has 0 saturated carbocycles. The summed E-state index contributed by atoms with van der Waals surface area (Å²) in [6, 6.07) is 0. The van der Waals surface area contributed by atoms with Crippen molar-refractivity contribution >= 4 is 88.7 Å². The molecule has 0 nitrogen and oxygen atoms in total. The first-order valence-corrected chi connectivity index (χ1v) is 0. The van der Waals surface area contributed by atoms with Gasteiger partial charge >= 0.3 is 0 Å². The smallest absolute Gasteiger partial charge is 0 e. The molecule has 0 atom stereocenters. The summed E-state index contributed by atoms with van der Waals surface area (Å²) >= 11 is 0. The largest absolute Gasteiger partial charge is 0.114 e. The Morgan fingerprint density at radius 3 is 0.500 bits per heavy atom. The molecule has 0 aromatic carbocycles. The van der Waals surface area contributed by atoms with Gasteiger partial charge in [0.25, 0.3) is 0 Å². The van der Waals surface area contributed by atoms with Crippen LogP contribution in [0.3, 0.4) is 0 Å². The summed E-state index contributed by atoms with van der Waals surface area (Å²) in [5.74, 6) is 0. The summed E-state index contributed by atoms with van der Waals surface area (Å²) < 4.78 is 0. The van der Waals surface area contributed by atoms with E-state index >= 15 is 0 Å². The van der Waals surface area contributed by atoms with Crippen molar-refractivity contribution in [1.29, 1.82) is 0 Å².